The summed E-state index contributed by atoms with van der Waals surface area (Å²) in [5.74, 6) is 0.923. The summed E-state index contributed by atoms with van der Waals surface area (Å²) < 4.78 is 10.8. The van der Waals surface area contributed by atoms with Gasteiger partial charge in [-0.1, -0.05) is 0 Å². The van der Waals surface area contributed by atoms with Crippen LogP contribution in [0.3, 0.4) is 0 Å². The fourth-order valence-electron chi connectivity index (χ4n) is 3.58. The Morgan fingerprint density at radius 2 is 1.94 bits per heavy atom. The van der Waals surface area contributed by atoms with Gasteiger partial charge in [0.05, 0.1) is 11.6 Å². The molecule has 2 aromatic heterocycles. The molecule has 3 rings (SSSR count). The monoisotopic (exact) mass is 476 g/mol. The van der Waals surface area contributed by atoms with Crippen LogP contribution in [0, 0.1) is 19.8 Å². The molecule has 1 aliphatic rings. The summed E-state index contributed by atoms with van der Waals surface area (Å²) in [7, 11) is 0. The van der Waals surface area contributed by atoms with E-state index < -0.39 is 11.7 Å². The number of likely N-dealkylation sites (tertiary alicyclic amines) is 1. The highest BCUT2D eigenvalue weighted by Gasteiger charge is 2.31. The molecule has 0 spiro atoms. The number of thiazole rings is 1. The zero-order chi connectivity index (χ0) is 24.2. The van der Waals surface area contributed by atoms with Crippen LogP contribution < -0.4 is 10.6 Å². The number of hydrogen-bond acceptors (Lipinski definition) is 7. The standard InChI is InChI=1S/C23H32N4O5S/c1-14-8-9-17(31-14)20-26-15(2)18(33-20)21(29)27-12-6-7-16(13-27)19(28)24-10-11-25-22(30)32-23(3,4)5/h8-9,16H,6-7,10-13H2,1-5H3,(H,24,28)(H,25,30). The van der Waals surface area contributed by atoms with Crippen LogP contribution >= 0.6 is 11.3 Å². The lowest BCUT2D eigenvalue weighted by Crippen LogP contribution is -2.46. The average Bonchev–Trinajstić information content (AvgIpc) is 3.35. The van der Waals surface area contributed by atoms with Gasteiger partial charge in [-0.2, -0.15) is 0 Å². The average molecular weight is 477 g/mol. The van der Waals surface area contributed by atoms with Crippen LogP contribution in [0.25, 0.3) is 10.8 Å². The van der Waals surface area contributed by atoms with Gasteiger partial charge in [0.15, 0.2) is 10.8 Å². The minimum atomic E-state index is -0.570. The summed E-state index contributed by atoms with van der Waals surface area (Å²) in [6.07, 6.45) is 0.950. The van der Waals surface area contributed by atoms with Crippen molar-refractivity contribution >= 4 is 29.2 Å². The molecule has 0 saturated carbocycles. The second kappa shape index (κ2) is 10.4. The SMILES string of the molecule is Cc1ccc(-c2nc(C)c(C(=O)N3CCCC(C(=O)NCCNC(=O)OC(C)(C)C)C3)s2)o1. The fraction of sp³-hybridized carbons (Fsp3) is 0.565. The van der Waals surface area contributed by atoms with Gasteiger partial charge in [-0.25, -0.2) is 9.78 Å². The molecule has 3 heterocycles. The molecule has 2 aromatic rings. The molecule has 1 unspecified atom stereocenters. The maximum Gasteiger partial charge on any atom is 0.407 e. The molecule has 10 heteroatoms. The maximum absolute atomic E-state index is 13.2. The van der Waals surface area contributed by atoms with Crippen LogP contribution in [0.4, 0.5) is 4.79 Å². The first-order valence-corrected chi connectivity index (χ1v) is 11.9. The van der Waals surface area contributed by atoms with E-state index in [2.05, 4.69) is 15.6 Å². The van der Waals surface area contributed by atoms with Gasteiger partial charge >= 0.3 is 6.09 Å². The second-order valence-corrected chi connectivity index (χ2v) is 10.2. The van der Waals surface area contributed by atoms with Crippen LogP contribution in [0.2, 0.25) is 0 Å². The van der Waals surface area contributed by atoms with Gasteiger partial charge in [-0.3, -0.25) is 9.59 Å². The van der Waals surface area contributed by atoms with E-state index >= 15 is 0 Å². The number of hydrogen-bond donors (Lipinski definition) is 2. The lowest BCUT2D eigenvalue weighted by molar-refractivity contribution is -0.126. The van der Waals surface area contributed by atoms with E-state index in [-0.39, 0.29) is 24.3 Å². The predicted molar refractivity (Wildman–Crippen MR) is 125 cm³/mol. The van der Waals surface area contributed by atoms with E-state index in [0.29, 0.717) is 47.4 Å². The van der Waals surface area contributed by atoms with E-state index in [1.165, 1.54) is 11.3 Å². The number of piperidine rings is 1. The highest BCUT2D eigenvalue weighted by atomic mass is 32.1. The summed E-state index contributed by atoms with van der Waals surface area (Å²) >= 11 is 1.31. The van der Waals surface area contributed by atoms with Crippen molar-refractivity contribution in [3.05, 3.63) is 28.5 Å². The first-order valence-electron chi connectivity index (χ1n) is 11.1. The topological polar surface area (TPSA) is 114 Å². The number of carbonyl (C=O) groups is 3. The van der Waals surface area contributed by atoms with Crippen LogP contribution in [0.1, 0.15) is 54.7 Å². The molecule has 0 radical (unpaired) electrons. The largest absolute Gasteiger partial charge is 0.459 e. The number of nitrogens with zero attached hydrogens (tertiary/aromatic N) is 2. The molecule has 0 bridgehead atoms. The van der Waals surface area contributed by atoms with Crippen molar-refractivity contribution in [1.82, 2.24) is 20.5 Å². The van der Waals surface area contributed by atoms with Crippen LogP contribution in [0.5, 0.6) is 0 Å². The molecule has 1 aliphatic heterocycles. The summed E-state index contributed by atoms with van der Waals surface area (Å²) in [5.41, 5.74) is 0.0911. The number of carbonyl (C=O) groups excluding carboxylic acids is 3. The molecule has 1 fully saturated rings. The molecular formula is C23H32N4O5S. The highest BCUT2D eigenvalue weighted by molar-refractivity contribution is 7.17. The number of rotatable bonds is 6. The van der Waals surface area contributed by atoms with E-state index in [1.807, 2.05) is 26.0 Å². The molecular weight excluding hydrogens is 444 g/mol. The van der Waals surface area contributed by atoms with Gasteiger partial charge in [0.2, 0.25) is 5.91 Å². The van der Waals surface area contributed by atoms with Crippen molar-refractivity contribution in [3.63, 3.8) is 0 Å². The molecule has 9 nitrogen and oxygen atoms in total. The lowest BCUT2D eigenvalue weighted by Gasteiger charge is -2.31. The van der Waals surface area contributed by atoms with Crippen LogP contribution in [-0.2, 0) is 9.53 Å². The first kappa shape index (κ1) is 24.8. The number of amides is 3. The number of furan rings is 1. The summed E-state index contributed by atoms with van der Waals surface area (Å²) in [6.45, 7) is 10.6. The normalized spacial score (nSPS) is 16.4. The third kappa shape index (κ3) is 6.80. The van der Waals surface area contributed by atoms with E-state index in [9.17, 15) is 14.4 Å². The fourth-order valence-corrected chi connectivity index (χ4v) is 4.57. The highest BCUT2D eigenvalue weighted by Crippen LogP contribution is 2.31. The van der Waals surface area contributed by atoms with Crippen molar-refractivity contribution < 1.29 is 23.5 Å². The van der Waals surface area contributed by atoms with Gasteiger partial charge < -0.3 is 24.7 Å². The Morgan fingerprint density at radius 3 is 2.61 bits per heavy atom. The van der Waals surface area contributed by atoms with Gasteiger partial charge in [0.25, 0.3) is 5.91 Å². The molecule has 2 N–H and O–H groups in total. The number of ether oxygens (including phenoxy) is 1. The Labute approximate surface area is 197 Å². The Bertz CT molecular complexity index is 1010. The summed E-state index contributed by atoms with van der Waals surface area (Å²) in [4.78, 5) is 44.3. The first-order chi connectivity index (χ1) is 15.5. The molecule has 1 saturated heterocycles. The van der Waals surface area contributed by atoms with Crippen LogP contribution in [0.15, 0.2) is 16.5 Å². The maximum atomic E-state index is 13.2. The predicted octanol–water partition coefficient (Wildman–Crippen LogP) is 3.51. The van der Waals surface area contributed by atoms with Crippen molar-refractivity contribution in [2.75, 3.05) is 26.2 Å². The third-order valence-electron chi connectivity index (χ3n) is 5.11. The zero-order valence-electron chi connectivity index (χ0n) is 19.8. The number of aryl methyl sites for hydroxylation is 2. The lowest BCUT2D eigenvalue weighted by atomic mass is 9.97. The summed E-state index contributed by atoms with van der Waals surface area (Å²) in [6, 6.07) is 3.71. The van der Waals surface area contributed by atoms with Crippen molar-refractivity contribution in [1.29, 1.82) is 0 Å². The van der Waals surface area contributed by atoms with Crippen LogP contribution in [-0.4, -0.2) is 59.6 Å². The number of alkyl carbamates (subject to hydrolysis) is 1. The van der Waals surface area contributed by atoms with Crippen molar-refractivity contribution in [2.45, 2.75) is 53.1 Å². The Kier molecular flexibility index (Phi) is 7.78. The van der Waals surface area contributed by atoms with Gasteiger partial charge in [0, 0.05) is 26.2 Å². The van der Waals surface area contributed by atoms with Gasteiger partial charge in [-0.05, 0) is 59.6 Å². The Morgan fingerprint density at radius 1 is 1.21 bits per heavy atom. The van der Waals surface area contributed by atoms with E-state index in [1.54, 1.807) is 25.7 Å². The molecule has 0 aromatic carbocycles. The van der Waals surface area contributed by atoms with E-state index in [4.69, 9.17) is 9.15 Å². The number of aromatic nitrogens is 1. The van der Waals surface area contributed by atoms with Crippen molar-refractivity contribution in [2.24, 2.45) is 5.92 Å². The molecule has 0 aliphatic carbocycles. The molecule has 1 atom stereocenters. The summed E-state index contributed by atoms with van der Waals surface area (Å²) in [5, 5.41) is 6.13. The zero-order valence-corrected chi connectivity index (χ0v) is 20.6. The Balaban J connectivity index is 1.51. The number of nitrogens with one attached hydrogen (secondary N) is 2. The molecule has 180 valence electrons. The minimum absolute atomic E-state index is 0.108. The van der Waals surface area contributed by atoms with E-state index in [0.717, 1.165) is 12.2 Å². The smallest absolute Gasteiger partial charge is 0.407 e. The van der Waals surface area contributed by atoms with Gasteiger partial charge in [0.1, 0.15) is 16.2 Å². The molecule has 33 heavy (non-hydrogen) atoms. The third-order valence-corrected chi connectivity index (χ3v) is 6.27. The van der Waals surface area contributed by atoms with Crippen molar-refractivity contribution in [3.8, 4) is 10.8 Å². The Hall–Kier alpha value is -2.88. The quantitative estimate of drug-likeness (QED) is 0.617. The second-order valence-electron chi connectivity index (χ2n) is 9.15. The minimum Gasteiger partial charge on any atom is -0.459 e. The molecule has 3 amide bonds. The van der Waals surface area contributed by atoms with Gasteiger partial charge in [-0.15, -0.1) is 11.3 Å².